The Balaban J connectivity index is 0.00000247. The molecule has 1 atom stereocenters. The third-order valence-corrected chi connectivity index (χ3v) is 6.31. The summed E-state index contributed by atoms with van der Waals surface area (Å²) in [4.78, 5) is 16.3. The number of benzene rings is 2. The lowest BCUT2D eigenvalue weighted by Crippen LogP contribution is -2.37. The molecule has 2 aromatic carbocycles. The van der Waals surface area contributed by atoms with E-state index in [1.54, 1.807) is 18.2 Å². The first kappa shape index (κ1) is 30.9. The van der Waals surface area contributed by atoms with E-state index in [0.29, 0.717) is 32.1 Å². The predicted molar refractivity (Wildman–Crippen MR) is 145 cm³/mol. The molecule has 1 unspecified atom stereocenters. The van der Waals surface area contributed by atoms with E-state index < -0.39 is 23.1 Å². The topological polar surface area (TPSA) is 68.6 Å². The van der Waals surface area contributed by atoms with Crippen molar-refractivity contribution in [1.29, 1.82) is 0 Å². The highest BCUT2D eigenvalue weighted by Crippen LogP contribution is 2.30. The molecule has 38 heavy (non-hydrogen) atoms. The Bertz CT molecular complexity index is 1140. The van der Waals surface area contributed by atoms with Crippen molar-refractivity contribution >= 4 is 24.1 Å². The second-order valence-electron chi connectivity index (χ2n) is 9.26. The summed E-state index contributed by atoms with van der Waals surface area (Å²) in [6.45, 7) is 9.81. The highest BCUT2D eigenvalue weighted by Gasteiger charge is 2.41. The van der Waals surface area contributed by atoms with Gasteiger partial charge in [0.15, 0.2) is 11.6 Å². The van der Waals surface area contributed by atoms with Gasteiger partial charge in [-0.2, -0.15) is 5.10 Å². The molecule has 0 spiro atoms. The molecule has 0 saturated carbocycles. The van der Waals surface area contributed by atoms with E-state index >= 15 is 0 Å². The average Bonchev–Trinajstić information content (AvgIpc) is 3.20. The number of nitrogens with zero attached hydrogens (tertiary/aromatic N) is 4. The van der Waals surface area contributed by atoms with Gasteiger partial charge in [-0.3, -0.25) is 14.8 Å². The first-order valence-electron chi connectivity index (χ1n) is 12.3. The van der Waals surface area contributed by atoms with Gasteiger partial charge in [-0.15, -0.1) is 0 Å². The van der Waals surface area contributed by atoms with E-state index in [-0.39, 0.29) is 17.2 Å². The largest absolute Gasteiger partial charge is 0.441 e. The van der Waals surface area contributed by atoms with Crippen LogP contribution in [0.3, 0.4) is 0 Å². The van der Waals surface area contributed by atoms with E-state index in [2.05, 4.69) is 10.0 Å². The number of halogens is 3. The number of hydrogen-bond donors (Lipinski definition) is 1. The molecule has 1 fully saturated rings. The lowest BCUT2D eigenvalue weighted by molar-refractivity contribution is 0.0570. The molecule has 208 valence electrons. The van der Waals surface area contributed by atoms with E-state index in [1.807, 2.05) is 45.0 Å². The summed E-state index contributed by atoms with van der Waals surface area (Å²) in [6, 6.07) is 8.32. The van der Waals surface area contributed by atoms with Crippen LogP contribution in [0, 0.1) is 31.3 Å². The minimum absolute atomic E-state index is 0.0230. The van der Waals surface area contributed by atoms with Gasteiger partial charge in [0.25, 0.3) is 0 Å². The average molecular weight is 535 g/mol. The molecular formula is C28H37F3N4O3. The maximum absolute atomic E-state index is 14.0. The third kappa shape index (κ3) is 8.06. The molecule has 0 bridgehead atoms. The van der Waals surface area contributed by atoms with Crippen molar-refractivity contribution in [2.75, 3.05) is 45.2 Å². The van der Waals surface area contributed by atoms with Crippen LogP contribution in [-0.4, -0.2) is 73.3 Å². The Morgan fingerprint density at radius 2 is 1.82 bits per heavy atom. The van der Waals surface area contributed by atoms with Crippen LogP contribution >= 0.6 is 0 Å². The number of rotatable bonds is 10. The summed E-state index contributed by atoms with van der Waals surface area (Å²) in [5, 5.41) is 12.8. The van der Waals surface area contributed by atoms with Crippen molar-refractivity contribution in [3.63, 3.8) is 0 Å². The lowest BCUT2D eigenvalue weighted by atomic mass is 10.0. The summed E-state index contributed by atoms with van der Waals surface area (Å²) < 4.78 is 46.7. The molecule has 0 aliphatic carbocycles. The number of aliphatic hydroxyl groups excluding tert-OH is 1. The monoisotopic (exact) mass is 534 g/mol. The SMILES string of the molecule is CCN(C/C=N/N(C)/C=C/c1c(F)cc(F)c(F)c1C)CCC1(C)CN(c2ccc(C)cc2)C(=O)O1.CO. The Kier molecular flexibility index (Phi) is 11.3. The Labute approximate surface area is 222 Å². The Morgan fingerprint density at radius 3 is 2.45 bits per heavy atom. The molecule has 1 amide bonds. The Hall–Kier alpha value is -3.37. The number of cyclic esters (lactones) is 1. The van der Waals surface area contributed by atoms with Gasteiger partial charge in [-0.1, -0.05) is 24.6 Å². The lowest BCUT2D eigenvalue weighted by Gasteiger charge is -2.26. The molecule has 0 aromatic heterocycles. The van der Waals surface area contributed by atoms with Gasteiger partial charge < -0.3 is 9.84 Å². The summed E-state index contributed by atoms with van der Waals surface area (Å²) >= 11 is 0. The van der Waals surface area contributed by atoms with Crippen molar-refractivity contribution < 1.29 is 27.8 Å². The molecular weight excluding hydrogens is 497 g/mol. The molecule has 1 aliphatic rings. The van der Waals surface area contributed by atoms with Crippen LogP contribution in [0.4, 0.5) is 23.7 Å². The number of hydrogen-bond acceptors (Lipinski definition) is 6. The Morgan fingerprint density at radius 1 is 1.16 bits per heavy atom. The fraction of sp³-hybridized carbons (Fsp3) is 0.429. The first-order chi connectivity index (χ1) is 18.0. The van der Waals surface area contributed by atoms with Crippen molar-refractivity contribution in [3.8, 4) is 0 Å². The summed E-state index contributed by atoms with van der Waals surface area (Å²) in [5.74, 6) is -3.11. The van der Waals surface area contributed by atoms with E-state index in [1.165, 1.54) is 24.2 Å². The number of anilines is 1. The summed E-state index contributed by atoms with van der Waals surface area (Å²) in [5.41, 5.74) is 1.23. The zero-order chi connectivity index (χ0) is 28.5. The van der Waals surface area contributed by atoms with Gasteiger partial charge in [-0.05, 0) is 51.1 Å². The van der Waals surface area contributed by atoms with Crippen LogP contribution in [0.1, 0.15) is 37.0 Å². The van der Waals surface area contributed by atoms with Gasteiger partial charge in [0.1, 0.15) is 11.4 Å². The minimum atomic E-state index is -1.21. The van der Waals surface area contributed by atoms with E-state index in [0.717, 1.165) is 24.9 Å². The van der Waals surface area contributed by atoms with Crippen molar-refractivity contribution in [1.82, 2.24) is 9.91 Å². The summed E-state index contributed by atoms with van der Waals surface area (Å²) in [6.07, 6.45) is 4.87. The van der Waals surface area contributed by atoms with Crippen LogP contribution in [0.2, 0.25) is 0 Å². The van der Waals surface area contributed by atoms with E-state index in [9.17, 15) is 18.0 Å². The summed E-state index contributed by atoms with van der Waals surface area (Å²) in [7, 11) is 2.66. The molecule has 10 heteroatoms. The van der Waals surface area contributed by atoms with Crippen LogP contribution in [0.5, 0.6) is 0 Å². The van der Waals surface area contributed by atoms with Crippen LogP contribution in [0.15, 0.2) is 41.6 Å². The number of aliphatic hydroxyl groups is 1. The number of ether oxygens (including phenoxy) is 1. The van der Waals surface area contributed by atoms with Crippen molar-refractivity contribution in [2.24, 2.45) is 5.10 Å². The smallest absolute Gasteiger partial charge is 0.415 e. The number of amides is 1. The second-order valence-corrected chi connectivity index (χ2v) is 9.26. The molecule has 7 nitrogen and oxygen atoms in total. The van der Waals surface area contributed by atoms with Crippen LogP contribution in [0.25, 0.3) is 6.08 Å². The minimum Gasteiger partial charge on any atom is -0.441 e. The zero-order valence-corrected chi connectivity index (χ0v) is 22.8. The quantitative estimate of drug-likeness (QED) is 0.253. The molecule has 1 heterocycles. The highest BCUT2D eigenvalue weighted by molar-refractivity contribution is 5.90. The molecule has 0 radical (unpaired) electrons. The predicted octanol–water partition coefficient (Wildman–Crippen LogP) is 5.35. The maximum Gasteiger partial charge on any atom is 0.415 e. The molecule has 2 aromatic rings. The fourth-order valence-corrected chi connectivity index (χ4v) is 3.96. The van der Waals surface area contributed by atoms with Crippen molar-refractivity contribution in [2.45, 2.75) is 39.7 Å². The fourth-order valence-electron chi connectivity index (χ4n) is 3.96. The van der Waals surface area contributed by atoms with Crippen molar-refractivity contribution in [3.05, 3.63) is 70.7 Å². The first-order valence-corrected chi connectivity index (χ1v) is 12.3. The number of carbonyl (C=O) groups excluding carboxylic acids is 1. The number of carbonyl (C=O) groups is 1. The van der Waals surface area contributed by atoms with E-state index in [4.69, 9.17) is 9.84 Å². The molecule has 1 aliphatic heterocycles. The molecule has 1 N–H and O–H groups in total. The van der Waals surface area contributed by atoms with Gasteiger partial charge in [0.05, 0.1) is 6.54 Å². The number of hydrazone groups is 1. The highest BCUT2D eigenvalue weighted by atomic mass is 19.2. The third-order valence-electron chi connectivity index (χ3n) is 6.31. The van der Waals surface area contributed by atoms with Gasteiger partial charge >= 0.3 is 6.09 Å². The van der Waals surface area contributed by atoms with Crippen LogP contribution < -0.4 is 4.90 Å². The number of aryl methyl sites for hydroxylation is 1. The molecule has 1 saturated heterocycles. The van der Waals surface area contributed by atoms with Gasteiger partial charge in [0, 0.05) is 63.4 Å². The zero-order valence-electron chi connectivity index (χ0n) is 22.8. The molecule has 3 rings (SSSR count). The second kappa shape index (κ2) is 14.0. The normalized spacial score (nSPS) is 17.3. The van der Waals surface area contributed by atoms with Crippen LogP contribution in [-0.2, 0) is 4.74 Å². The standard InChI is InChI=1S/C27H33F3N4O2.CH4O/c1-6-33(15-12-27(4)18-34(26(35)36-27)21-9-7-19(2)8-10-21)16-13-31-32(5)14-11-22-20(3)25(30)24(29)17-23(22)28;1-2/h7-11,13-14,17H,6,12,15-16,18H2,1-5H3;2H,1H3/b14-11+,31-13+;. The van der Waals surface area contributed by atoms with Gasteiger partial charge in [0.2, 0.25) is 0 Å². The van der Waals surface area contributed by atoms with Gasteiger partial charge in [-0.25, -0.2) is 18.0 Å². The maximum atomic E-state index is 14.0.